The van der Waals surface area contributed by atoms with E-state index in [0.29, 0.717) is 0 Å². The summed E-state index contributed by atoms with van der Waals surface area (Å²) >= 11 is -0.826. The summed E-state index contributed by atoms with van der Waals surface area (Å²) in [4.78, 5) is 0. The first-order chi connectivity index (χ1) is 14.8. The molecule has 0 aliphatic carbocycles. The number of benzene rings is 2. The Morgan fingerprint density at radius 1 is 0.806 bits per heavy atom. The molecule has 3 heteroatoms. The molecule has 0 aromatic heterocycles. The van der Waals surface area contributed by atoms with E-state index >= 15 is 0 Å². The van der Waals surface area contributed by atoms with Crippen molar-refractivity contribution in [3.63, 3.8) is 0 Å². The van der Waals surface area contributed by atoms with Gasteiger partial charge in [0.15, 0.2) is 0 Å². The van der Waals surface area contributed by atoms with E-state index in [1.54, 1.807) is 0 Å². The van der Waals surface area contributed by atoms with E-state index in [1.165, 1.54) is 55.3 Å². The Hall–Kier alpha value is -1.40. The molecule has 0 bridgehead atoms. The zero-order chi connectivity index (χ0) is 23.0. The van der Waals surface area contributed by atoms with Crippen molar-refractivity contribution in [2.75, 3.05) is 0 Å². The minimum atomic E-state index is -0.826. The molecule has 0 nitrogen and oxygen atoms in total. The maximum atomic E-state index is 4.93. The van der Waals surface area contributed by atoms with Gasteiger partial charge in [0.2, 0.25) is 0 Å². The average Bonchev–Trinajstić information content (AvgIpc) is 3.23. The van der Waals surface area contributed by atoms with Crippen LogP contribution in [0, 0.1) is 41.5 Å². The van der Waals surface area contributed by atoms with Crippen molar-refractivity contribution in [2.24, 2.45) is 0 Å². The summed E-state index contributed by atoms with van der Waals surface area (Å²) in [6.45, 7) is 13.1. The van der Waals surface area contributed by atoms with Crippen LogP contribution in [0.4, 0.5) is 0 Å². The summed E-state index contributed by atoms with van der Waals surface area (Å²) < 4.78 is 0. The molecule has 4 aromatic carbocycles. The third-order valence-electron chi connectivity index (χ3n) is 6.00. The number of rotatable bonds is 2. The quantitative estimate of drug-likeness (QED) is 0.180. The van der Waals surface area contributed by atoms with Crippen molar-refractivity contribution < 1.29 is 20.8 Å². The van der Waals surface area contributed by atoms with Gasteiger partial charge in [-0.1, -0.05) is 95.7 Å². The summed E-state index contributed by atoms with van der Waals surface area (Å²) in [5, 5.41) is 2.66. The summed E-state index contributed by atoms with van der Waals surface area (Å²) in [6, 6.07) is 21.3. The van der Waals surface area contributed by atoms with Gasteiger partial charge in [-0.3, -0.25) is 0 Å². The standard InChI is InChI=1S/C18H15.C10H15.2ClH.Zr/c1-14-12-17-9-5-8-16(18(17)13-14)11-10-15-6-3-2-4-7-15;1-6-7(2)9(4)10(5)8(6)3;;;/h2-13H,1H3;1-5H3;2*1H;/q2*-1;;;+4/p-2. The second kappa shape index (κ2) is 12.6. The van der Waals surface area contributed by atoms with Gasteiger partial charge in [0, 0.05) is 0 Å². The molecule has 0 aliphatic heterocycles. The molecular weight excluding hydrogens is 498 g/mol. The molecule has 0 fully saturated rings. The third kappa shape index (κ3) is 7.05. The van der Waals surface area contributed by atoms with Gasteiger partial charge in [-0.05, 0) is 5.56 Å². The predicted octanol–water partition coefficient (Wildman–Crippen LogP) is 9.36. The van der Waals surface area contributed by atoms with Crippen LogP contribution in [-0.2, 0) is 20.8 Å². The van der Waals surface area contributed by atoms with Crippen LogP contribution in [0.3, 0.4) is 0 Å². The average molecular weight is 529 g/mol. The van der Waals surface area contributed by atoms with Crippen LogP contribution < -0.4 is 0 Å². The van der Waals surface area contributed by atoms with E-state index in [4.69, 9.17) is 17.0 Å². The Morgan fingerprint density at radius 3 is 1.90 bits per heavy atom. The molecule has 0 saturated carbocycles. The Labute approximate surface area is 206 Å². The summed E-state index contributed by atoms with van der Waals surface area (Å²) in [7, 11) is 9.87. The molecule has 0 heterocycles. The van der Waals surface area contributed by atoms with Crippen LogP contribution in [0.2, 0.25) is 0 Å². The van der Waals surface area contributed by atoms with Gasteiger partial charge in [-0.2, -0.15) is 33.9 Å². The van der Waals surface area contributed by atoms with Crippen molar-refractivity contribution in [3.05, 3.63) is 105 Å². The van der Waals surface area contributed by atoms with Gasteiger partial charge in [-0.15, -0.1) is 34.5 Å². The number of aryl methyl sites for hydroxylation is 1. The van der Waals surface area contributed by atoms with Gasteiger partial charge >= 0.3 is 37.9 Å². The van der Waals surface area contributed by atoms with Crippen molar-refractivity contribution in [3.8, 4) is 0 Å². The summed E-state index contributed by atoms with van der Waals surface area (Å²) in [5.41, 5.74) is 11.2. The van der Waals surface area contributed by atoms with Crippen molar-refractivity contribution in [1.29, 1.82) is 0 Å². The third-order valence-corrected chi connectivity index (χ3v) is 6.00. The van der Waals surface area contributed by atoms with E-state index in [-0.39, 0.29) is 0 Å². The van der Waals surface area contributed by atoms with Gasteiger partial charge < -0.3 is 0 Å². The van der Waals surface area contributed by atoms with Gasteiger partial charge in [0.05, 0.1) is 0 Å². The maximum absolute atomic E-state index is 4.93. The number of hydrogen-bond acceptors (Lipinski definition) is 0. The van der Waals surface area contributed by atoms with Crippen LogP contribution in [0.15, 0.2) is 60.7 Å². The molecule has 0 amide bonds. The Bertz CT molecular complexity index is 1050. The summed E-state index contributed by atoms with van der Waals surface area (Å²) in [5.74, 6) is 0. The summed E-state index contributed by atoms with van der Waals surface area (Å²) in [6.07, 6.45) is 4.36. The first-order valence-electron chi connectivity index (χ1n) is 10.3. The second-order valence-corrected chi connectivity index (χ2v) is 11.6. The van der Waals surface area contributed by atoms with E-state index in [0.717, 1.165) is 0 Å². The zero-order valence-corrected chi connectivity index (χ0v) is 23.2. The normalized spacial score (nSPS) is 10.3. The van der Waals surface area contributed by atoms with E-state index in [2.05, 4.69) is 108 Å². The first-order valence-corrected chi connectivity index (χ1v) is 16.7. The fraction of sp³-hybridized carbons (Fsp3) is 0.214. The molecule has 0 atom stereocenters. The van der Waals surface area contributed by atoms with Crippen LogP contribution in [0.5, 0.6) is 0 Å². The first kappa shape index (κ1) is 25.9. The molecule has 4 rings (SSSR count). The molecule has 0 N–H and O–H groups in total. The Kier molecular flexibility index (Phi) is 10.5. The van der Waals surface area contributed by atoms with Crippen LogP contribution in [0.25, 0.3) is 22.9 Å². The second-order valence-electron chi connectivity index (χ2n) is 7.82. The SMILES string of the molecule is Cc1c(C)c(C)[c-](C)c1C.Cc1cc2c(C=Cc3ccccc3)cccc2[cH-]1.[Cl][Zr+2][Cl]. The van der Waals surface area contributed by atoms with Crippen LogP contribution in [-0.4, -0.2) is 0 Å². The Morgan fingerprint density at radius 2 is 1.39 bits per heavy atom. The molecule has 160 valence electrons. The van der Waals surface area contributed by atoms with E-state index < -0.39 is 20.8 Å². The molecule has 0 unspecified atom stereocenters. The zero-order valence-electron chi connectivity index (χ0n) is 19.2. The number of hydrogen-bond donors (Lipinski definition) is 0. The molecule has 0 radical (unpaired) electrons. The topological polar surface area (TPSA) is 0 Å². The molecular formula is C28H30Cl2Zr. The predicted molar refractivity (Wildman–Crippen MR) is 137 cm³/mol. The van der Waals surface area contributed by atoms with Gasteiger partial charge in [-0.25, -0.2) is 0 Å². The van der Waals surface area contributed by atoms with Crippen molar-refractivity contribution >= 4 is 40.0 Å². The fourth-order valence-corrected chi connectivity index (χ4v) is 3.71. The van der Waals surface area contributed by atoms with Crippen molar-refractivity contribution in [1.82, 2.24) is 0 Å². The van der Waals surface area contributed by atoms with Gasteiger partial charge in [0.25, 0.3) is 0 Å². The monoisotopic (exact) mass is 526 g/mol. The Balaban J connectivity index is 0.000000223. The molecule has 0 spiro atoms. The van der Waals surface area contributed by atoms with Crippen LogP contribution in [0.1, 0.15) is 44.5 Å². The number of halogens is 2. The minimum absolute atomic E-state index is 0.826. The molecule has 4 aromatic rings. The van der Waals surface area contributed by atoms with Gasteiger partial charge in [0.1, 0.15) is 0 Å². The van der Waals surface area contributed by atoms with Crippen LogP contribution >= 0.6 is 17.0 Å². The fourth-order valence-electron chi connectivity index (χ4n) is 3.71. The molecule has 0 aliphatic rings. The molecule has 31 heavy (non-hydrogen) atoms. The number of fused-ring (bicyclic) bond motifs is 1. The van der Waals surface area contributed by atoms with E-state index in [1.807, 2.05) is 6.07 Å². The van der Waals surface area contributed by atoms with Crippen molar-refractivity contribution in [2.45, 2.75) is 41.5 Å². The van der Waals surface area contributed by atoms with E-state index in [9.17, 15) is 0 Å². The molecule has 0 saturated heterocycles.